The van der Waals surface area contributed by atoms with E-state index >= 15 is 0 Å². The highest BCUT2D eigenvalue weighted by molar-refractivity contribution is 6.31. The molecule has 3 aromatic rings. The second-order valence-electron chi connectivity index (χ2n) is 6.06. The molecule has 0 unspecified atom stereocenters. The van der Waals surface area contributed by atoms with Crippen LogP contribution in [0.25, 0.3) is 0 Å². The Morgan fingerprint density at radius 2 is 1.50 bits per heavy atom. The Balaban J connectivity index is 1.61. The van der Waals surface area contributed by atoms with Crippen molar-refractivity contribution in [1.82, 2.24) is 0 Å². The van der Waals surface area contributed by atoms with Crippen LogP contribution in [0, 0.1) is 0 Å². The average molecular weight is 427 g/mol. The third kappa shape index (κ3) is 5.75. The van der Waals surface area contributed by atoms with E-state index in [0.29, 0.717) is 24.0 Å². The normalized spacial score (nSPS) is 10.2. The first-order chi connectivity index (χ1) is 14.6. The van der Waals surface area contributed by atoms with Gasteiger partial charge in [-0.25, -0.2) is 9.59 Å². The quantitative estimate of drug-likeness (QED) is 0.292. The summed E-state index contributed by atoms with van der Waals surface area (Å²) in [5, 5.41) is 0.323. The van der Waals surface area contributed by atoms with Crippen LogP contribution in [0.3, 0.4) is 0 Å². The smallest absolute Gasteiger partial charge is 0.343 e. The summed E-state index contributed by atoms with van der Waals surface area (Å²) in [6.07, 6.45) is 0. The summed E-state index contributed by atoms with van der Waals surface area (Å²) < 4.78 is 21.3. The van der Waals surface area contributed by atoms with Gasteiger partial charge in [0.25, 0.3) is 0 Å². The zero-order chi connectivity index (χ0) is 21.3. The molecule has 0 amide bonds. The number of methoxy groups -OCH3 is 1. The topological polar surface area (TPSA) is 71.1 Å². The molecule has 0 spiro atoms. The molecule has 0 radical (unpaired) electrons. The minimum Gasteiger partial charge on any atom is -0.490 e. The zero-order valence-electron chi connectivity index (χ0n) is 16.2. The van der Waals surface area contributed by atoms with E-state index in [4.69, 9.17) is 30.5 Å². The van der Waals surface area contributed by atoms with E-state index in [1.54, 1.807) is 24.3 Å². The molecule has 154 valence electrons. The summed E-state index contributed by atoms with van der Waals surface area (Å²) in [5.41, 5.74) is 0.325. The van der Waals surface area contributed by atoms with Gasteiger partial charge < -0.3 is 18.9 Å². The van der Waals surface area contributed by atoms with Crippen LogP contribution in [0.15, 0.2) is 72.8 Å². The molecule has 3 aromatic carbocycles. The molecular formula is C23H19ClO6. The Labute approximate surface area is 178 Å². The minimum absolute atomic E-state index is 0.0545. The lowest BCUT2D eigenvalue weighted by molar-refractivity contribution is 0.0593. The molecule has 3 rings (SSSR count). The Morgan fingerprint density at radius 3 is 2.23 bits per heavy atom. The lowest BCUT2D eigenvalue weighted by Crippen LogP contribution is -2.13. The molecule has 0 aliphatic carbocycles. The molecule has 0 atom stereocenters. The Morgan fingerprint density at radius 1 is 0.800 bits per heavy atom. The fourth-order valence-corrected chi connectivity index (χ4v) is 2.74. The molecule has 0 saturated heterocycles. The SMILES string of the molecule is COC(=O)c1cc(Cl)ccc1OC(=O)c1cccc(OCCOc2ccccc2)c1. The Kier molecular flexibility index (Phi) is 7.29. The van der Waals surface area contributed by atoms with Gasteiger partial charge in [-0.2, -0.15) is 0 Å². The largest absolute Gasteiger partial charge is 0.490 e. The highest BCUT2D eigenvalue weighted by Gasteiger charge is 2.18. The number of esters is 2. The third-order valence-corrected chi connectivity index (χ3v) is 4.22. The first-order valence-electron chi connectivity index (χ1n) is 9.07. The van der Waals surface area contributed by atoms with Crippen LogP contribution in [-0.2, 0) is 4.74 Å². The van der Waals surface area contributed by atoms with Gasteiger partial charge in [-0.05, 0) is 48.5 Å². The number of hydrogen-bond acceptors (Lipinski definition) is 6. The van der Waals surface area contributed by atoms with E-state index in [-0.39, 0.29) is 16.9 Å². The number of benzene rings is 3. The van der Waals surface area contributed by atoms with E-state index in [1.165, 1.54) is 25.3 Å². The standard InChI is InChI=1S/C23H19ClO6/c1-27-23(26)20-15-17(24)10-11-21(20)30-22(25)16-6-5-9-19(14-16)29-13-12-28-18-7-3-2-4-8-18/h2-11,14-15H,12-13H2,1H3. The first kappa shape index (κ1) is 21.2. The second-order valence-corrected chi connectivity index (χ2v) is 6.50. The molecule has 0 bridgehead atoms. The summed E-state index contributed by atoms with van der Waals surface area (Å²) in [5.74, 6) is -0.00342. The Hall–Kier alpha value is -3.51. The van der Waals surface area contributed by atoms with Crippen molar-refractivity contribution < 1.29 is 28.5 Å². The number of para-hydroxylation sites is 1. The van der Waals surface area contributed by atoms with E-state index in [2.05, 4.69) is 0 Å². The van der Waals surface area contributed by atoms with Crippen LogP contribution in [0.5, 0.6) is 17.2 Å². The number of carbonyl (C=O) groups excluding carboxylic acids is 2. The van der Waals surface area contributed by atoms with E-state index in [9.17, 15) is 9.59 Å². The van der Waals surface area contributed by atoms with Crippen molar-refractivity contribution in [3.8, 4) is 17.2 Å². The van der Waals surface area contributed by atoms with Gasteiger partial charge in [-0.3, -0.25) is 0 Å². The van der Waals surface area contributed by atoms with Crippen LogP contribution in [-0.4, -0.2) is 32.3 Å². The number of ether oxygens (including phenoxy) is 4. The number of halogens is 1. The molecular weight excluding hydrogens is 408 g/mol. The van der Waals surface area contributed by atoms with Crippen molar-refractivity contribution in [2.75, 3.05) is 20.3 Å². The third-order valence-electron chi connectivity index (χ3n) is 3.98. The van der Waals surface area contributed by atoms with Crippen molar-refractivity contribution in [3.05, 3.63) is 88.9 Å². The van der Waals surface area contributed by atoms with Crippen LogP contribution >= 0.6 is 11.6 Å². The van der Waals surface area contributed by atoms with Crippen molar-refractivity contribution >= 4 is 23.5 Å². The molecule has 0 aromatic heterocycles. The molecule has 30 heavy (non-hydrogen) atoms. The molecule has 0 heterocycles. The van der Waals surface area contributed by atoms with Gasteiger partial charge in [0, 0.05) is 5.02 Å². The maximum Gasteiger partial charge on any atom is 0.343 e. The summed E-state index contributed by atoms with van der Waals surface area (Å²) in [6, 6.07) is 20.3. The van der Waals surface area contributed by atoms with Crippen molar-refractivity contribution in [3.63, 3.8) is 0 Å². The zero-order valence-corrected chi connectivity index (χ0v) is 16.9. The summed E-state index contributed by atoms with van der Waals surface area (Å²) in [6.45, 7) is 0.656. The first-order valence-corrected chi connectivity index (χ1v) is 9.45. The monoisotopic (exact) mass is 426 g/mol. The average Bonchev–Trinajstić information content (AvgIpc) is 2.78. The van der Waals surface area contributed by atoms with Gasteiger partial charge >= 0.3 is 11.9 Å². The van der Waals surface area contributed by atoms with Crippen LogP contribution in [0.1, 0.15) is 20.7 Å². The van der Waals surface area contributed by atoms with E-state index in [0.717, 1.165) is 5.75 Å². The van der Waals surface area contributed by atoms with E-state index < -0.39 is 11.9 Å². The van der Waals surface area contributed by atoms with Gasteiger partial charge in [0.15, 0.2) is 0 Å². The number of rotatable bonds is 8. The predicted octanol–water partition coefficient (Wildman–Crippen LogP) is 4.80. The number of carbonyl (C=O) groups is 2. The summed E-state index contributed by atoms with van der Waals surface area (Å²) >= 11 is 5.92. The van der Waals surface area contributed by atoms with Gasteiger partial charge in [-0.1, -0.05) is 35.9 Å². The van der Waals surface area contributed by atoms with Gasteiger partial charge in [0.2, 0.25) is 0 Å². The summed E-state index contributed by atoms with van der Waals surface area (Å²) in [7, 11) is 1.23. The lowest BCUT2D eigenvalue weighted by Gasteiger charge is -2.11. The van der Waals surface area contributed by atoms with E-state index in [1.807, 2.05) is 30.3 Å². The predicted molar refractivity (Wildman–Crippen MR) is 112 cm³/mol. The highest BCUT2D eigenvalue weighted by atomic mass is 35.5. The molecule has 0 saturated carbocycles. The molecule has 0 aliphatic rings. The van der Waals surface area contributed by atoms with Crippen LogP contribution < -0.4 is 14.2 Å². The lowest BCUT2D eigenvalue weighted by atomic mass is 10.2. The van der Waals surface area contributed by atoms with Crippen molar-refractivity contribution in [1.29, 1.82) is 0 Å². The minimum atomic E-state index is -0.657. The van der Waals surface area contributed by atoms with Gasteiger partial charge in [0.1, 0.15) is 36.0 Å². The second kappa shape index (κ2) is 10.3. The van der Waals surface area contributed by atoms with Crippen LogP contribution in [0.4, 0.5) is 0 Å². The molecule has 0 N–H and O–H groups in total. The maximum atomic E-state index is 12.5. The fraction of sp³-hybridized carbons (Fsp3) is 0.130. The number of hydrogen-bond donors (Lipinski definition) is 0. The molecule has 6 nitrogen and oxygen atoms in total. The van der Waals surface area contributed by atoms with Gasteiger partial charge in [0.05, 0.1) is 12.7 Å². The molecule has 7 heteroatoms. The van der Waals surface area contributed by atoms with Crippen molar-refractivity contribution in [2.45, 2.75) is 0 Å². The van der Waals surface area contributed by atoms with Crippen LogP contribution in [0.2, 0.25) is 5.02 Å². The summed E-state index contributed by atoms with van der Waals surface area (Å²) in [4.78, 5) is 24.4. The molecule has 0 aliphatic heterocycles. The Bertz CT molecular complexity index is 1020. The molecule has 0 fully saturated rings. The fourth-order valence-electron chi connectivity index (χ4n) is 2.57. The highest BCUT2D eigenvalue weighted by Crippen LogP contribution is 2.25. The van der Waals surface area contributed by atoms with Gasteiger partial charge in [-0.15, -0.1) is 0 Å². The maximum absolute atomic E-state index is 12.5. The van der Waals surface area contributed by atoms with Crippen molar-refractivity contribution in [2.24, 2.45) is 0 Å².